The summed E-state index contributed by atoms with van der Waals surface area (Å²) in [6.07, 6.45) is 3.22. The molecule has 2 atom stereocenters. The Morgan fingerprint density at radius 3 is 1.53 bits per heavy atom. The average Bonchev–Trinajstić information content (AvgIpc) is 2.17. The van der Waals surface area contributed by atoms with E-state index in [0.29, 0.717) is 13.1 Å². The lowest BCUT2D eigenvalue weighted by molar-refractivity contribution is 0.0649. The van der Waals surface area contributed by atoms with E-state index in [1.54, 1.807) is 0 Å². The number of aliphatic hydroxyl groups is 2. The molecule has 0 aromatic heterocycles. The predicted molar refractivity (Wildman–Crippen MR) is 63.9 cm³/mol. The molecular formula is C12H27NO2. The monoisotopic (exact) mass is 217 g/mol. The van der Waals surface area contributed by atoms with Crippen LogP contribution in [0.5, 0.6) is 0 Å². The summed E-state index contributed by atoms with van der Waals surface area (Å²) in [5.74, 6) is 0. The molecule has 0 amide bonds. The van der Waals surface area contributed by atoms with Gasteiger partial charge in [-0.1, -0.05) is 33.6 Å². The molecule has 2 N–H and O–H groups in total. The number of rotatable bonds is 9. The Labute approximate surface area is 94.1 Å². The highest BCUT2D eigenvalue weighted by Gasteiger charge is 2.13. The summed E-state index contributed by atoms with van der Waals surface area (Å²) in [5, 5.41) is 19.3. The van der Waals surface area contributed by atoms with Gasteiger partial charge in [0.1, 0.15) is 0 Å². The molecule has 3 heteroatoms. The van der Waals surface area contributed by atoms with Crippen LogP contribution in [-0.2, 0) is 0 Å². The minimum absolute atomic E-state index is 0.247. The first-order valence-electron chi connectivity index (χ1n) is 6.22. The molecule has 3 nitrogen and oxygen atoms in total. The van der Waals surface area contributed by atoms with Crippen LogP contribution in [0.2, 0.25) is 0 Å². The zero-order valence-corrected chi connectivity index (χ0v) is 10.4. The van der Waals surface area contributed by atoms with Gasteiger partial charge in [-0.2, -0.15) is 0 Å². The molecule has 0 fully saturated rings. The van der Waals surface area contributed by atoms with Crippen LogP contribution in [0.3, 0.4) is 0 Å². The van der Waals surface area contributed by atoms with Crippen molar-refractivity contribution in [3.63, 3.8) is 0 Å². The van der Waals surface area contributed by atoms with Crippen molar-refractivity contribution in [2.45, 2.75) is 58.7 Å². The first kappa shape index (κ1) is 14.9. The number of likely N-dealkylation sites (N-methyl/N-ethyl adjacent to an activating group) is 1. The van der Waals surface area contributed by atoms with Crippen LogP contribution in [-0.4, -0.2) is 47.0 Å². The molecule has 0 saturated heterocycles. The first-order valence-corrected chi connectivity index (χ1v) is 6.22. The van der Waals surface area contributed by atoms with Gasteiger partial charge in [-0.25, -0.2) is 0 Å². The molecule has 0 aliphatic rings. The molecule has 0 radical (unpaired) electrons. The highest BCUT2D eigenvalue weighted by molar-refractivity contribution is 4.67. The van der Waals surface area contributed by atoms with Gasteiger partial charge in [0, 0.05) is 13.1 Å². The maximum atomic E-state index is 9.67. The SMILES string of the molecule is CCCC(O)CN(CC)CC(O)CCC. The van der Waals surface area contributed by atoms with Crippen LogP contribution in [0.15, 0.2) is 0 Å². The summed E-state index contributed by atoms with van der Waals surface area (Å²) in [4.78, 5) is 2.13. The zero-order chi connectivity index (χ0) is 11.7. The normalized spacial score (nSPS) is 15.6. The largest absolute Gasteiger partial charge is 0.392 e. The first-order chi connectivity index (χ1) is 7.13. The number of hydrogen-bond donors (Lipinski definition) is 2. The van der Waals surface area contributed by atoms with Gasteiger partial charge in [0.2, 0.25) is 0 Å². The topological polar surface area (TPSA) is 43.7 Å². The molecule has 15 heavy (non-hydrogen) atoms. The third-order valence-corrected chi connectivity index (χ3v) is 2.63. The molecule has 0 aliphatic heterocycles. The van der Waals surface area contributed by atoms with Crippen LogP contribution < -0.4 is 0 Å². The highest BCUT2D eigenvalue weighted by Crippen LogP contribution is 2.03. The van der Waals surface area contributed by atoms with Gasteiger partial charge in [-0.3, -0.25) is 4.90 Å². The molecule has 0 aliphatic carbocycles. The van der Waals surface area contributed by atoms with E-state index in [1.165, 1.54) is 0 Å². The van der Waals surface area contributed by atoms with E-state index in [9.17, 15) is 10.2 Å². The van der Waals surface area contributed by atoms with E-state index in [4.69, 9.17) is 0 Å². The van der Waals surface area contributed by atoms with Crippen LogP contribution in [0.1, 0.15) is 46.5 Å². The lowest BCUT2D eigenvalue weighted by atomic mass is 10.1. The van der Waals surface area contributed by atoms with Crippen LogP contribution >= 0.6 is 0 Å². The van der Waals surface area contributed by atoms with E-state index >= 15 is 0 Å². The molecule has 0 spiro atoms. The summed E-state index contributed by atoms with van der Waals surface area (Å²) in [7, 11) is 0. The standard InChI is InChI=1S/C12H27NO2/c1-4-7-11(14)9-13(6-3)10-12(15)8-5-2/h11-12,14-15H,4-10H2,1-3H3. The van der Waals surface area contributed by atoms with Crippen LogP contribution in [0.25, 0.3) is 0 Å². The van der Waals surface area contributed by atoms with Crippen molar-refractivity contribution in [2.24, 2.45) is 0 Å². The van der Waals surface area contributed by atoms with Gasteiger partial charge in [0.05, 0.1) is 12.2 Å². The number of hydrogen-bond acceptors (Lipinski definition) is 3. The fraction of sp³-hybridized carbons (Fsp3) is 1.00. The van der Waals surface area contributed by atoms with E-state index < -0.39 is 0 Å². The summed E-state index contributed by atoms with van der Waals surface area (Å²) in [6.45, 7) is 8.48. The summed E-state index contributed by atoms with van der Waals surface area (Å²) in [5.41, 5.74) is 0. The summed E-state index contributed by atoms with van der Waals surface area (Å²) >= 11 is 0. The Balaban J connectivity index is 3.80. The molecule has 0 aromatic rings. The molecule has 92 valence electrons. The third-order valence-electron chi connectivity index (χ3n) is 2.63. The van der Waals surface area contributed by atoms with Gasteiger partial charge >= 0.3 is 0 Å². The highest BCUT2D eigenvalue weighted by atomic mass is 16.3. The summed E-state index contributed by atoms with van der Waals surface area (Å²) in [6, 6.07) is 0. The molecular weight excluding hydrogens is 190 g/mol. The van der Waals surface area contributed by atoms with Crippen LogP contribution in [0, 0.1) is 0 Å². The quantitative estimate of drug-likeness (QED) is 0.617. The van der Waals surface area contributed by atoms with Crippen molar-refractivity contribution >= 4 is 0 Å². The van der Waals surface area contributed by atoms with Crippen LogP contribution in [0.4, 0.5) is 0 Å². The lowest BCUT2D eigenvalue weighted by Gasteiger charge is -2.25. The molecule has 0 rings (SSSR count). The maximum absolute atomic E-state index is 9.67. The summed E-state index contributed by atoms with van der Waals surface area (Å²) < 4.78 is 0. The smallest absolute Gasteiger partial charge is 0.0667 e. The predicted octanol–water partition coefficient (Wildman–Crippen LogP) is 1.63. The van der Waals surface area contributed by atoms with E-state index in [1.807, 2.05) is 0 Å². The van der Waals surface area contributed by atoms with Gasteiger partial charge in [-0.15, -0.1) is 0 Å². The third kappa shape index (κ3) is 7.77. The Morgan fingerprint density at radius 2 is 1.27 bits per heavy atom. The lowest BCUT2D eigenvalue weighted by Crippen LogP contribution is -2.37. The van der Waals surface area contributed by atoms with E-state index in [0.717, 1.165) is 32.2 Å². The minimum atomic E-state index is -0.247. The van der Waals surface area contributed by atoms with E-state index in [2.05, 4.69) is 25.7 Å². The van der Waals surface area contributed by atoms with E-state index in [-0.39, 0.29) is 12.2 Å². The van der Waals surface area contributed by atoms with Gasteiger partial charge < -0.3 is 10.2 Å². The average molecular weight is 217 g/mol. The van der Waals surface area contributed by atoms with Crippen molar-refractivity contribution in [2.75, 3.05) is 19.6 Å². The second-order valence-electron chi connectivity index (χ2n) is 4.24. The van der Waals surface area contributed by atoms with Crippen molar-refractivity contribution in [3.05, 3.63) is 0 Å². The molecule has 2 unspecified atom stereocenters. The Bertz CT molecular complexity index is 128. The fourth-order valence-corrected chi connectivity index (χ4v) is 1.78. The Kier molecular flexibility index (Phi) is 9.06. The van der Waals surface area contributed by atoms with Gasteiger partial charge in [0.25, 0.3) is 0 Å². The van der Waals surface area contributed by atoms with Gasteiger partial charge in [0.15, 0.2) is 0 Å². The Hall–Kier alpha value is -0.120. The second-order valence-corrected chi connectivity index (χ2v) is 4.24. The second kappa shape index (κ2) is 9.13. The minimum Gasteiger partial charge on any atom is -0.392 e. The fourth-order valence-electron chi connectivity index (χ4n) is 1.78. The number of aliphatic hydroxyl groups excluding tert-OH is 2. The molecule has 0 bridgehead atoms. The van der Waals surface area contributed by atoms with Crippen molar-refractivity contribution < 1.29 is 10.2 Å². The van der Waals surface area contributed by atoms with Crippen molar-refractivity contribution in [1.82, 2.24) is 4.90 Å². The zero-order valence-electron chi connectivity index (χ0n) is 10.4. The molecule has 0 saturated carbocycles. The maximum Gasteiger partial charge on any atom is 0.0667 e. The van der Waals surface area contributed by atoms with Crippen molar-refractivity contribution in [3.8, 4) is 0 Å². The number of nitrogens with zero attached hydrogens (tertiary/aromatic N) is 1. The molecule has 0 aromatic carbocycles. The van der Waals surface area contributed by atoms with Gasteiger partial charge in [-0.05, 0) is 19.4 Å². The Morgan fingerprint density at radius 1 is 0.867 bits per heavy atom. The van der Waals surface area contributed by atoms with Crippen molar-refractivity contribution in [1.29, 1.82) is 0 Å². The molecule has 0 heterocycles.